The van der Waals surface area contributed by atoms with Crippen molar-refractivity contribution < 1.29 is 4.79 Å². The Kier molecular flexibility index (Phi) is 6.09. The van der Waals surface area contributed by atoms with Crippen LogP contribution in [0.25, 0.3) is 0 Å². The summed E-state index contributed by atoms with van der Waals surface area (Å²) in [5.74, 6) is 2.40. The number of hydrogen-bond donors (Lipinski definition) is 1. The Bertz CT molecular complexity index is 526. The molecule has 0 spiro atoms. The topological polar surface area (TPSA) is 56.1 Å². The summed E-state index contributed by atoms with van der Waals surface area (Å²) in [6.45, 7) is 4.35. The van der Waals surface area contributed by atoms with E-state index in [1.165, 1.54) is 11.5 Å². The monoisotopic (exact) mass is 303 g/mol. The van der Waals surface area contributed by atoms with Gasteiger partial charge in [0.2, 0.25) is 5.91 Å². The van der Waals surface area contributed by atoms with Crippen molar-refractivity contribution in [1.82, 2.24) is 4.90 Å². The summed E-state index contributed by atoms with van der Waals surface area (Å²) in [4.78, 5) is 14.4. The van der Waals surface area contributed by atoms with Crippen LogP contribution in [0.5, 0.6) is 0 Å². The second-order valence-electron chi connectivity index (χ2n) is 5.30. The SMILES string of the molecule is CC1CSCCN1CCCC(=O)Nc1cccc(C#N)c1. The summed E-state index contributed by atoms with van der Waals surface area (Å²) < 4.78 is 0. The maximum absolute atomic E-state index is 11.9. The molecule has 0 aromatic heterocycles. The first kappa shape index (κ1) is 15.9. The zero-order valence-corrected chi connectivity index (χ0v) is 13.2. The number of amides is 1. The first-order chi connectivity index (χ1) is 10.2. The molecule has 1 fully saturated rings. The van der Waals surface area contributed by atoms with E-state index in [0.717, 1.165) is 19.5 Å². The maximum atomic E-state index is 11.9. The van der Waals surface area contributed by atoms with Gasteiger partial charge in [0.25, 0.3) is 0 Å². The normalized spacial score (nSPS) is 19.0. The molecule has 21 heavy (non-hydrogen) atoms. The Labute approximate surface area is 130 Å². The fraction of sp³-hybridized carbons (Fsp3) is 0.500. The van der Waals surface area contributed by atoms with E-state index >= 15 is 0 Å². The quantitative estimate of drug-likeness (QED) is 0.908. The van der Waals surface area contributed by atoms with Crippen LogP contribution in [-0.4, -0.2) is 41.4 Å². The molecule has 1 saturated heterocycles. The lowest BCUT2D eigenvalue weighted by Gasteiger charge is -2.32. The molecule has 2 rings (SSSR count). The Morgan fingerprint density at radius 2 is 2.43 bits per heavy atom. The van der Waals surface area contributed by atoms with Crippen molar-refractivity contribution in [3.63, 3.8) is 0 Å². The largest absolute Gasteiger partial charge is 0.326 e. The highest BCUT2D eigenvalue weighted by Crippen LogP contribution is 2.16. The van der Waals surface area contributed by atoms with Gasteiger partial charge in [0, 0.05) is 36.2 Å². The van der Waals surface area contributed by atoms with Crippen molar-refractivity contribution in [1.29, 1.82) is 5.26 Å². The van der Waals surface area contributed by atoms with Crippen molar-refractivity contribution >= 4 is 23.4 Å². The first-order valence-electron chi connectivity index (χ1n) is 7.31. The van der Waals surface area contributed by atoms with Crippen LogP contribution in [0.15, 0.2) is 24.3 Å². The predicted octanol–water partition coefficient (Wildman–Crippen LogP) is 2.71. The molecule has 0 radical (unpaired) electrons. The van der Waals surface area contributed by atoms with Gasteiger partial charge in [0.1, 0.15) is 0 Å². The highest BCUT2D eigenvalue weighted by atomic mass is 32.2. The fourth-order valence-corrected chi connectivity index (χ4v) is 3.51. The summed E-state index contributed by atoms with van der Waals surface area (Å²) >= 11 is 2.00. The highest BCUT2D eigenvalue weighted by Gasteiger charge is 2.18. The van der Waals surface area contributed by atoms with Crippen molar-refractivity contribution in [3.8, 4) is 6.07 Å². The van der Waals surface area contributed by atoms with Gasteiger partial charge >= 0.3 is 0 Å². The molecule has 1 aromatic rings. The molecule has 1 unspecified atom stereocenters. The van der Waals surface area contributed by atoms with E-state index in [-0.39, 0.29) is 5.91 Å². The minimum Gasteiger partial charge on any atom is -0.326 e. The van der Waals surface area contributed by atoms with Gasteiger partial charge in [-0.3, -0.25) is 9.69 Å². The van der Waals surface area contributed by atoms with Crippen molar-refractivity contribution in [2.24, 2.45) is 0 Å². The molecule has 1 aliphatic rings. The van der Waals surface area contributed by atoms with Gasteiger partial charge in [0.15, 0.2) is 0 Å². The molecule has 5 heteroatoms. The molecule has 112 valence electrons. The zero-order valence-electron chi connectivity index (χ0n) is 12.3. The van der Waals surface area contributed by atoms with E-state index in [9.17, 15) is 4.79 Å². The minimum absolute atomic E-state index is 0.0177. The van der Waals surface area contributed by atoms with Crippen molar-refractivity contribution in [2.45, 2.75) is 25.8 Å². The molecule has 1 aliphatic heterocycles. The number of anilines is 1. The summed E-state index contributed by atoms with van der Waals surface area (Å²) in [7, 11) is 0. The predicted molar refractivity (Wildman–Crippen MR) is 87.4 cm³/mol. The Balaban J connectivity index is 1.73. The van der Waals surface area contributed by atoms with E-state index < -0.39 is 0 Å². The lowest BCUT2D eigenvalue weighted by molar-refractivity contribution is -0.116. The Hall–Kier alpha value is -1.51. The molecule has 1 atom stereocenters. The third-order valence-electron chi connectivity index (χ3n) is 3.63. The number of carbonyl (C=O) groups excluding carboxylic acids is 1. The summed E-state index contributed by atoms with van der Waals surface area (Å²) in [5, 5.41) is 11.7. The van der Waals surface area contributed by atoms with Crippen LogP contribution >= 0.6 is 11.8 Å². The van der Waals surface area contributed by atoms with E-state index in [1.807, 2.05) is 17.8 Å². The van der Waals surface area contributed by atoms with Gasteiger partial charge < -0.3 is 5.32 Å². The van der Waals surface area contributed by atoms with Crippen LogP contribution in [-0.2, 0) is 4.79 Å². The number of rotatable bonds is 5. The minimum atomic E-state index is 0.0177. The lowest BCUT2D eigenvalue weighted by atomic mass is 10.2. The third-order valence-corrected chi connectivity index (χ3v) is 4.82. The number of nitrogens with zero attached hydrogens (tertiary/aromatic N) is 2. The zero-order chi connectivity index (χ0) is 15.1. The van der Waals surface area contributed by atoms with Gasteiger partial charge in [-0.15, -0.1) is 0 Å². The number of carbonyl (C=O) groups is 1. The second kappa shape index (κ2) is 8.06. The van der Waals surface area contributed by atoms with Crippen LogP contribution in [0, 0.1) is 11.3 Å². The smallest absolute Gasteiger partial charge is 0.224 e. The molecule has 1 aromatic carbocycles. The molecule has 0 bridgehead atoms. The highest BCUT2D eigenvalue weighted by molar-refractivity contribution is 7.99. The van der Waals surface area contributed by atoms with Crippen LogP contribution in [0.2, 0.25) is 0 Å². The Morgan fingerprint density at radius 3 is 3.19 bits per heavy atom. The molecule has 1 N–H and O–H groups in total. The number of nitriles is 1. The molecule has 4 nitrogen and oxygen atoms in total. The number of nitrogens with one attached hydrogen (secondary N) is 1. The van der Waals surface area contributed by atoms with Crippen molar-refractivity contribution in [3.05, 3.63) is 29.8 Å². The fourth-order valence-electron chi connectivity index (χ4n) is 2.43. The molecular formula is C16H21N3OS. The molecule has 0 aliphatic carbocycles. The van der Waals surface area contributed by atoms with Crippen LogP contribution in [0.1, 0.15) is 25.3 Å². The maximum Gasteiger partial charge on any atom is 0.224 e. The van der Waals surface area contributed by atoms with Gasteiger partial charge in [-0.2, -0.15) is 17.0 Å². The number of hydrogen-bond acceptors (Lipinski definition) is 4. The van der Waals surface area contributed by atoms with Crippen LogP contribution in [0.4, 0.5) is 5.69 Å². The van der Waals surface area contributed by atoms with E-state index in [1.54, 1.807) is 18.2 Å². The average molecular weight is 303 g/mol. The first-order valence-corrected chi connectivity index (χ1v) is 8.46. The molecule has 1 amide bonds. The van der Waals surface area contributed by atoms with Crippen LogP contribution < -0.4 is 5.32 Å². The van der Waals surface area contributed by atoms with Gasteiger partial charge in [0.05, 0.1) is 11.6 Å². The van der Waals surface area contributed by atoms with Gasteiger partial charge in [-0.25, -0.2) is 0 Å². The molecule has 1 heterocycles. The average Bonchev–Trinajstić information content (AvgIpc) is 2.49. The standard InChI is InChI=1S/C16H21N3OS/c1-13-12-21-9-8-19(13)7-3-6-16(20)18-15-5-2-4-14(10-15)11-17/h2,4-5,10,13H,3,6-9,12H2,1H3,(H,18,20). The van der Waals surface area contributed by atoms with Crippen molar-refractivity contribution in [2.75, 3.05) is 29.9 Å². The molecular weight excluding hydrogens is 282 g/mol. The van der Waals surface area contributed by atoms with E-state index in [0.29, 0.717) is 23.7 Å². The van der Waals surface area contributed by atoms with Gasteiger partial charge in [-0.1, -0.05) is 6.07 Å². The molecule has 0 saturated carbocycles. The summed E-state index contributed by atoms with van der Waals surface area (Å²) in [6.07, 6.45) is 1.39. The van der Waals surface area contributed by atoms with E-state index in [2.05, 4.69) is 23.2 Å². The lowest BCUT2D eigenvalue weighted by Crippen LogP contribution is -2.41. The number of benzene rings is 1. The number of thioether (sulfide) groups is 1. The second-order valence-corrected chi connectivity index (χ2v) is 6.45. The third kappa shape index (κ3) is 5.07. The summed E-state index contributed by atoms with van der Waals surface area (Å²) in [5.41, 5.74) is 1.26. The Morgan fingerprint density at radius 1 is 1.57 bits per heavy atom. The van der Waals surface area contributed by atoms with Crippen LogP contribution in [0.3, 0.4) is 0 Å². The van der Waals surface area contributed by atoms with Gasteiger partial charge in [-0.05, 0) is 38.1 Å². The van der Waals surface area contributed by atoms with E-state index in [4.69, 9.17) is 5.26 Å². The summed E-state index contributed by atoms with van der Waals surface area (Å²) in [6, 6.07) is 9.69.